The van der Waals surface area contributed by atoms with Gasteiger partial charge in [0.05, 0.1) is 30.8 Å². The quantitative estimate of drug-likeness (QED) is 0.507. The van der Waals surface area contributed by atoms with E-state index >= 15 is 0 Å². The second-order valence-corrected chi connectivity index (χ2v) is 8.26. The number of morpholine rings is 1. The molecular weight excluding hydrogens is 443 g/mol. The van der Waals surface area contributed by atoms with Crippen molar-refractivity contribution in [1.82, 2.24) is 10.3 Å². The Morgan fingerprint density at radius 2 is 1.88 bits per heavy atom. The molecule has 0 spiro atoms. The Morgan fingerprint density at radius 1 is 1.09 bits per heavy atom. The molecule has 1 aromatic heterocycles. The van der Waals surface area contributed by atoms with E-state index in [1.165, 1.54) is 36.5 Å². The van der Waals surface area contributed by atoms with Crippen LogP contribution in [0.25, 0.3) is 0 Å². The fraction of sp³-hybridized carbons (Fsp3) is 0.308. The Bertz CT molecular complexity index is 1120. The van der Waals surface area contributed by atoms with Crippen LogP contribution in [0.5, 0.6) is 0 Å². The first-order valence-corrected chi connectivity index (χ1v) is 11.3. The van der Waals surface area contributed by atoms with E-state index in [0.29, 0.717) is 42.7 Å². The summed E-state index contributed by atoms with van der Waals surface area (Å²) in [6.45, 7) is 2.09. The van der Waals surface area contributed by atoms with E-state index < -0.39 is 29.3 Å². The number of rotatable bonds is 8. The number of aromatic nitrogens is 1. The van der Waals surface area contributed by atoms with Crippen LogP contribution < -0.4 is 10.6 Å². The number of hydrogen-bond donors (Lipinski definition) is 2. The summed E-state index contributed by atoms with van der Waals surface area (Å²) in [5.74, 6) is -2.46. The summed E-state index contributed by atoms with van der Waals surface area (Å²) < 4.78 is 48.3. The van der Waals surface area contributed by atoms with E-state index in [4.69, 9.17) is 4.74 Å². The van der Waals surface area contributed by atoms with Crippen molar-refractivity contribution in [2.24, 2.45) is 0 Å². The molecule has 0 saturated carbocycles. The molecule has 178 valence electrons. The molecule has 0 radical (unpaired) electrons. The molecule has 1 saturated heterocycles. The summed E-state index contributed by atoms with van der Waals surface area (Å²) in [6, 6.07) is 11.8. The summed E-state index contributed by atoms with van der Waals surface area (Å²) in [7, 11) is 0. The zero-order valence-corrected chi connectivity index (χ0v) is 18.6. The fourth-order valence-corrected chi connectivity index (χ4v) is 4.18. The smallest absolute Gasteiger partial charge is 0.225 e. The zero-order chi connectivity index (χ0) is 23.9. The average molecular weight is 470 g/mol. The number of nitrogens with zero attached hydrogens (tertiary/aromatic N) is 1. The molecule has 0 aliphatic carbocycles. The highest BCUT2D eigenvalue weighted by atomic mass is 19.1. The lowest BCUT2D eigenvalue weighted by atomic mass is 9.88. The molecule has 34 heavy (non-hydrogen) atoms. The predicted octanol–water partition coefficient (Wildman–Crippen LogP) is 4.58. The molecular formula is C26H26F3N3O2. The van der Waals surface area contributed by atoms with E-state index in [0.717, 1.165) is 12.7 Å². The first-order valence-electron chi connectivity index (χ1n) is 11.3. The van der Waals surface area contributed by atoms with Gasteiger partial charge in [0.25, 0.3) is 0 Å². The number of anilines is 1. The lowest BCUT2D eigenvalue weighted by Crippen LogP contribution is -2.38. The molecule has 2 atom stereocenters. The summed E-state index contributed by atoms with van der Waals surface area (Å²) in [5.41, 5.74) is 1.55. The average Bonchev–Trinajstić information content (AvgIpc) is 2.84. The van der Waals surface area contributed by atoms with Crippen LogP contribution in [0.1, 0.15) is 35.4 Å². The summed E-state index contributed by atoms with van der Waals surface area (Å²) in [4.78, 5) is 16.9. The van der Waals surface area contributed by atoms with Gasteiger partial charge < -0.3 is 15.4 Å². The number of halogens is 3. The van der Waals surface area contributed by atoms with Crippen molar-refractivity contribution in [3.8, 4) is 0 Å². The summed E-state index contributed by atoms with van der Waals surface area (Å²) in [5, 5.41) is 5.98. The monoisotopic (exact) mass is 469 g/mol. The van der Waals surface area contributed by atoms with E-state index in [2.05, 4.69) is 15.6 Å². The van der Waals surface area contributed by atoms with Crippen LogP contribution in [0, 0.1) is 17.5 Å². The molecule has 4 rings (SSSR count). The molecule has 1 fully saturated rings. The van der Waals surface area contributed by atoms with Gasteiger partial charge in [0.1, 0.15) is 17.5 Å². The molecule has 1 aliphatic heterocycles. The molecule has 2 heterocycles. The van der Waals surface area contributed by atoms with Gasteiger partial charge in [-0.05, 0) is 42.2 Å². The normalized spacial score (nSPS) is 16.7. The van der Waals surface area contributed by atoms with Crippen LogP contribution in [0.4, 0.5) is 18.9 Å². The number of carbonyl (C=O) groups excluding carboxylic acids is 1. The standard InChI is InChI=1S/C26H26F3N3O2/c27-18-7-5-17(6-8-18)22(20-3-1-2-4-23(20)28)13-26(33)32-25-16-31-15-24(29)21(25)10-9-19-14-30-11-12-34-19/h1-8,15-16,19,22,30H,9-14H2,(H,32,33)/t19-,22+/m1/s1. The van der Waals surface area contributed by atoms with Gasteiger partial charge in [-0.25, -0.2) is 13.2 Å². The van der Waals surface area contributed by atoms with Gasteiger partial charge in [0.15, 0.2) is 0 Å². The van der Waals surface area contributed by atoms with Crippen LogP contribution in [-0.4, -0.2) is 36.7 Å². The van der Waals surface area contributed by atoms with Crippen molar-refractivity contribution in [3.05, 3.63) is 95.1 Å². The van der Waals surface area contributed by atoms with Crippen molar-refractivity contribution in [1.29, 1.82) is 0 Å². The van der Waals surface area contributed by atoms with Crippen molar-refractivity contribution in [3.63, 3.8) is 0 Å². The van der Waals surface area contributed by atoms with Crippen LogP contribution in [0.2, 0.25) is 0 Å². The van der Waals surface area contributed by atoms with Gasteiger partial charge in [-0.1, -0.05) is 30.3 Å². The lowest BCUT2D eigenvalue weighted by molar-refractivity contribution is -0.116. The maximum absolute atomic E-state index is 14.6. The largest absolute Gasteiger partial charge is 0.376 e. The number of amides is 1. The van der Waals surface area contributed by atoms with Crippen molar-refractivity contribution in [2.45, 2.75) is 31.3 Å². The minimum absolute atomic E-state index is 0.0335. The molecule has 0 unspecified atom stereocenters. The van der Waals surface area contributed by atoms with Crippen molar-refractivity contribution < 1.29 is 22.7 Å². The molecule has 1 amide bonds. The third-order valence-electron chi connectivity index (χ3n) is 5.94. The van der Waals surface area contributed by atoms with Gasteiger partial charge in [-0.3, -0.25) is 9.78 Å². The van der Waals surface area contributed by atoms with E-state index in [1.54, 1.807) is 18.2 Å². The maximum atomic E-state index is 14.6. The lowest BCUT2D eigenvalue weighted by Gasteiger charge is -2.24. The Morgan fingerprint density at radius 3 is 2.62 bits per heavy atom. The maximum Gasteiger partial charge on any atom is 0.225 e. The SMILES string of the molecule is O=C(C[C@@H](c1ccc(F)cc1)c1ccccc1F)Nc1cncc(F)c1CC[C@@H]1CNCCO1. The minimum Gasteiger partial charge on any atom is -0.376 e. The number of carbonyl (C=O) groups is 1. The Hall–Kier alpha value is -3.23. The molecule has 3 aromatic rings. The van der Waals surface area contributed by atoms with E-state index in [-0.39, 0.29) is 18.2 Å². The first-order chi connectivity index (χ1) is 16.5. The van der Waals surface area contributed by atoms with Crippen LogP contribution in [0.15, 0.2) is 60.9 Å². The third-order valence-corrected chi connectivity index (χ3v) is 5.94. The second-order valence-electron chi connectivity index (χ2n) is 8.26. The van der Waals surface area contributed by atoms with Gasteiger partial charge >= 0.3 is 0 Å². The Kier molecular flexibility index (Phi) is 7.92. The molecule has 2 aromatic carbocycles. The van der Waals surface area contributed by atoms with Crippen molar-refractivity contribution in [2.75, 3.05) is 25.0 Å². The fourth-order valence-electron chi connectivity index (χ4n) is 4.18. The highest BCUT2D eigenvalue weighted by Gasteiger charge is 2.23. The van der Waals surface area contributed by atoms with Gasteiger partial charge in [-0.2, -0.15) is 0 Å². The second kappa shape index (κ2) is 11.3. The number of benzene rings is 2. The first kappa shape index (κ1) is 23.9. The number of ether oxygens (including phenoxy) is 1. The molecule has 5 nitrogen and oxygen atoms in total. The van der Waals surface area contributed by atoms with Crippen LogP contribution >= 0.6 is 0 Å². The van der Waals surface area contributed by atoms with E-state index in [9.17, 15) is 18.0 Å². The molecule has 1 aliphatic rings. The van der Waals surface area contributed by atoms with Crippen molar-refractivity contribution >= 4 is 11.6 Å². The molecule has 0 bridgehead atoms. The third kappa shape index (κ3) is 6.01. The summed E-state index contributed by atoms with van der Waals surface area (Å²) >= 11 is 0. The van der Waals surface area contributed by atoms with Gasteiger partial charge in [0.2, 0.25) is 5.91 Å². The minimum atomic E-state index is -0.645. The van der Waals surface area contributed by atoms with Gasteiger partial charge in [-0.15, -0.1) is 0 Å². The Labute approximate surface area is 196 Å². The molecule has 2 N–H and O–H groups in total. The highest BCUT2D eigenvalue weighted by Crippen LogP contribution is 2.31. The molecule has 8 heteroatoms. The van der Waals surface area contributed by atoms with E-state index in [1.807, 2.05) is 0 Å². The Balaban J connectivity index is 1.52. The summed E-state index contributed by atoms with van der Waals surface area (Å²) in [6.07, 6.45) is 3.33. The predicted molar refractivity (Wildman–Crippen MR) is 123 cm³/mol. The highest BCUT2D eigenvalue weighted by molar-refractivity contribution is 5.92. The van der Waals surface area contributed by atoms with Crippen LogP contribution in [0.3, 0.4) is 0 Å². The van der Waals surface area contributed by atoms with Gasteiger partial charge in [0, 0.05) is 31.0 Å². The van der Waals surface area contributed by atoms with Crippen LogP contribution in [-0.2, 0) is 16.0 Å². The number of pyridine rings is 1. The topological polar surface area (TPSA) is 63.2 Å². The number of nitrogens with one attached hydrogen (secondary N) is 2. The number of hydrogen-bond acceptors (Lipinski definition) is 4. The zero-order valence-electron chi connectivity index (χ0n) is 18.6.